The predicted octanol–water partition coefficient (Wildman–Crippen LogP) is 1.80. The van der Waals surface area contributed by atoms with Crippen LogP contribution in [0.25, 0.3) is 11.0 Å². The molecule has 0 atom stereocenters. The molecule has 180 valence electrons. The third-order valence-corrected chi connectivity index (χ3v) is 8.31. The topological polar surface area (TPSA) is 115 Å². The van der Waals surface area contributed by atoms with Gasteiger partial charge in [0.1, 0.15) is 5.52 Å². The van der Waals surface area contributed by atoms with E-state index < -0.39 is 10.0 Å². The molecule has 3 heterocycles. The van der Waals surface area contributed by atoms with Crippen LogP contribution in [0.15, 0.2) is 23.1 Å². The summed E-state index contributed by atoms with van der Waals surface area (Å²) >= 11 is 0. The Morgan fingerprint density at radius 2 is 1.85 bits per heavy atom. The highest BCUT2D eigenvalue weighted by atomic mass is 32.2. The smallest absolute Gasteiger partial charge is 0.309 e. The predicted molar refractivity (Wildman–Crippen MR) is 121 cm³/mol. The lowest BCUT2D eigenvalue weighted by Gasteiger charge is -2.31. The fourth-order valence-electron chi connectivity index (χ4n) is 4.52. The van der Waals surface area contributed by atoms with Crippen molar-refractivity contribution in [3.8, 4) is 0 Å². The molecule has 1 aromatic heterocycles. The molecule has 0 bridgehead atoms. The Labute approximate surface area is 193 Å². The summed E-state index contributed by atoms with van der Waals surface area (Å²) in [7, 11) is -3.50. The summed E-state index contributed by atoms with van der Waals surface area (Å²) in [5, 5.41) is 8.29. The molecule has 0 aliphatic carbocycles. The third-order valence-electron chi connectivity index (χ3n) is 6.42. The molecule has 10 nitrogen and oxygen atoms in total. The summed E-state index contributed by atoms with van der Waals surface area (Å²) in [4.78, 5) is 26.5. The molecule has 0 spiro atoms. The molecule has 2 fully saturated rings. The van der Waals surface area contributed by atoms with Crippen LogP contribution >= 0.6 is 0 Å². The first-order valence-corrected chi connectivity index (χ1v) is 13.1. The molecule has 2 aromatic rings. The first-order chi connectivity index (χ1) is 15.9. The molecule has 1 aromatic carbocycles. The van der Waals surface area contributed by atoms with Crippen LogP contribution < -0.4 is 0 Å². The maximum atomic E-state index is 12.8. The number of esters is 1. The highest BCUT2D eigenvalue weighted by Crippen LogP contribution is 2.24. The van der Waals surface area contributed by atoms with Crippen LogP contribution in [0.2, 0.25) is 0 Å². The average Bonchev–Trinajstić information content (AvgIpc) is 3.50. The van der Waals surface area contributed by atoms with Gasteiger partial charge in [-0.05, 0) is 57.2 Å². The first kappa shape index (κ1) is 23.6. The summed E-state index contributed by atoms with van der Waals surface area (Å²) in [5.74, 6) is -0.213. The standard InChI is InChI=1S/C22H31N5O5S/c1-2-32-22(29)17-9-14-25(15-10-17)21(28)6-5-13-27-20-8-7-18(16-19(20)23-24-27)33(30,31)26-11-3-4-12-26/h7-8,16-17H,2-6,9-15H2,1H3. The molecule has 2 aliphatic heterocycles. The SMILES string of the molecule is CCOC(=O)C1CCN(C(=O)CCCn2nnc3cc(S(=O)(=O)N4CCCC4)ccc32)CC1. The minimum atomic E-state index is -3.50. The Kier molecular flexibility index (Phi) is 7.28. The number of hydrogen-bond acceptors (Lipinski definition) is 7. The minimum Gasteiger partial charge on any atom is -0.466 e. The molecular weight excluding hydrogens is 446 g/mol. The third kappa shape index (κ3) is 5.19. The number of sulfonamides is 1. The van der Waals surface area contributed by atoms with Crippen molar-refractivity contribution >= 4 is 32.9 Å². The van der Waals surface area contributed by atoms with Crippen LogP contribution in [0.4, 0.5) is 0 Å². The van der Waals surface area contributed by atoms with E-state index in [1.54, 1.807) is 29.8 Å². The van der Waals surface area contributed by atoms with E-state index >= 15 is 0 Å². The second-order valence-electron chi connectivity index (χ2n) is 8.58. The molecule has 1 amide bonds. The zero-order chi connectivity index (χ0) is 23.4. The number of benzene rings is 1. The summed E-state index contributed by atoms with van der Waals surface area (Å²) in [6.45, 7) is 4.95. The van der Waals surface area contributed by atoms with Gasteiger partial charge in [0, 0.05) is 39.1 Å². The highest BCUT2D eigenvalue weighted by molar-refractivity contribution is 7.89. The van der Waals surface area contributed by atoms with Crippen molar-refractivity contribution in [2.75, 3.05) is 32.8 Å². The molecule has 0 radical (unpaired) electrons. The van der Waals surface area contributed by atoms with Gasteiger partial charge in [0.2, 0.25) is 15.9 Å². The lowest BCUT2D eigenvalue weighted by molar-refractivity contribution is -0.151. The molecule has 33 heavy (non-hydrogen) atoms. The number of carbonyl (C=O) groups is 2. The number of amides is 1. The van der Waals surface area contributed by atoms with Gasteiger partial charge in [-0.2, -0.15) is 4.31 Å². The zero-order valence-electron chi connectivity index (χ0n) is 19.0. The number of fused-ring (bicyclic) bond motifs is 1. The van der Waals surface area contributed by atoms with Gasteiger partial charge >= 0.3 is 5.97 Å². The van der Waals surface area contributed by atoms with Crippen LogP contribution in [0.5, 0.6) is 0 Å². The number of likely N-dealkylation sites (tertiary alicyclic amines) is 1. The number of piperidine rings is 1. The fraction of sp³-hybridized carbons (Fsp3) is 0.636. The van der Waals surface area contributed by atoms with Crippen molar-refractivity contribution in [2.45, 2.75) is 56.9 Å². The Morgan fingerprint density at radius 1 is 1.12 bits per heavy atom. The zero-order valence-corrected chi connectivity index (χ0v) is 19.8. The van der Waals surface area contributed by atoms with Crippen molar-refractivity contribution in [1.29, 1.82) is 0 Å². The summed E-state index contributed by atoms with van der Waals surface area (Å²) in [5.41, 5.74) is 1.28. The van der Waals surface area contributed by atoms with E-state index in [0.717, 1.165) is 18.4 Å². The monoisotopic (exact) mass is 477 g/mol. The number of aryl methyl sites for hydroxylation is 1. The second-order valence-corrected chi connectivity index (χ2v) is 10.5. The van der Waals surface area contributed by atoms with Crippen molar-refractivity contribution in [3.63, 3.8) is 0 Å². The average molecular weight is 478 g/mol. The van der Waals surface area contributed by atoms with Crippen molar-refractivity contribution in [2.24, 2.45) is 5.92 Å². The lowest BCUT2D eigenvalue weighted by atomic mass is 9.97. The van der Waals surface area contributed by atoms with Gasteiger partial charge in [0.05, 0.1) is 22.9 Å². The van der Waals surface area contributed by atoms with Crippen LogP contribution in [0.3, 0.4) is 0 Å². The van der Waals surface area contributed by atoms with Crippen molar-refractivity contribution < 1.29 is 22.7 Å². The van der Waals surface area contributed by atoms with Crippen LogP contribution in [-0.2, 0) is 30.9 Å². The number of carbonyl (C=O) groups excluding carboxylic acids is 2. The normalized spacial score (nSPS) is 18.2. The van der Waals surface area contributed by atoms with Gasteiger partial charge in [-0.1, -0.05) is 5.21 Å². The number of rotatable bonds is 8. The maximum absolute atomic E-state index is 12.8. The van der Waals surface area contributed by atoms with Gasteiger partial charge in [-0.15, -0.1) is 5.10 Å². The molecule has 11 heteroatoms. The molecule has 2 saturated heterocycles. The molecule has 2 aliphatic rings. The number of aromatic nitrogens is 3. The summed E-state index contributed by atoms with van der Waals surface area (Å²) in [6.07, 6.45) is 4.04. The largest absolute Gasteiger partial charge is 0.466 e. The van der Waals surface area contributed by atoms with Crippen molar-refractivity contribution in [3.05, 3.63) is 18.2 Å². The maximum Gasteiger partial charge on any atom is 0.309 e. The van der Waals surface area contributed by atoms with E-state index in [0.29, 0.717) is 70.5 Å². The minimum absolute atomic E-state index is 0.0701. The van der Waals surface area contributed by atoms with E-state index in [1.165, 1.54) is 4.31 Å². The Morgan fingerprint density at radius 3 is 2.55 bits per heavy atom. The van der Waals surface area contributed by atoms with Crippen LogP contribution in [0.1, 0.15) is 45.4 Å². The van der Waals surface area contributed by atoms with Gasteiger partial charge in [-0.25, -0.2) is 13.1 Å². The van der Waals surface area contributed by atoms with Crippen molar-refractivity contribution in [1.82, 2.24) is 24.2 Å². The fourth-order valence-corrected chi connectivity index (χ4v) is 6.06. The first-order valence-electron chi connectivity index (χ1n) is 11.7. The summed E-state index contributed by atoms with van der Waals surface area (Å²) in [6, 6.07) is 4.92. The lowest BCUT2D eigenvalue weighted by Crippen LogP contribution is -2.40. The molecule has 0 unspecified atom stereocenters. The molecule has 0 N–H and O–H groups in total. The quantitative estimate of drug-likeness (QED) is 0.533. The Balaban J connectivity index is 1.30. The van der Waals surface area contributed by atoms with Gasteiger partial charge in [0.15, 0.2) is 0 Å². The van der Waals surface area contributed by atoms with Gasteiger partial charge < -0.3 is 9.64 Å². The molecule has 0 saturated carbocycles. The number of ether oxygens (including phenoxy) is 1. The van der Waals surface area contributed by atoms with Crippen LogP contribution in [-0.4, -0.2) is 77.3 Å². The highest BCUT2D eigenvalue weighted by Gasteiger charge is 2.29. The molecular formula is C22H31N5O5S. The van der Waals surface area contributed by atoms with Gasteiger partial charge in [-0.3, -0.25) is 9.59 Å². The van der Waals surface area contributed by atoms with E-state index in [-0.39, 0.29) is 22.7 Å². The molecule has 4 rings (SSSR count). The van der Waals surface area contributed by atoms with Gasteiger partial charge in [0.25, 0.3) is 0 Å². The van der Waals surface area contributed by atoms with E-state index in [1.807, 2.05) is 4.90 Å². The van der Waals surface area contributed by atoms with E-state index in [2.05, 4.69) is 10.3 Å². The van der Waals surface area contributed by atoms with E-state index in [9.17, 15) is 18.0 Å². The van der Waals surface area contributed by atoms with Crippen LogP contribution in [0, 0.1) is 5.92 Å². The number of hydrogen-bond donors (Lipinski definition) is 0. The second kappa shape index (κ2) is 10.2. The summed E-state index contributed by atoms with van der Waals surface area (Å²) < 4.78 is 33.9. The van der Waals surface area contributed by atoms with E-state index in [4.69, 9.17) is 4.74 Å². The number of nitrogens with zero attached hydrogens (tertiary/aromatic N) is 5. The Hall–Kier alpha value is -2.53. The Bertz CT molecular complexity index is 1100.